The van der Waals surface area contributed by atoms with E-state index in [1.54, 1.807) is 6.08 Å². The lowest BCUT2D eigenvalue weighted by molar-refractivity contribution is -0.110. The van der Waals surface area contributed by atoms with Gasteiger partial charge in [-0.15, -0.1) is 0 Å². The lowest BCUT2D eigenvalue weighted by Crippen LogP contribution is -2.12. The Morgan fingerprint density at radius 1 is 1.17 bits per heavy atom. The Bertz CT molecular complexity index is 932. The van der Waals surface area contributed by atoms with Gasteiger partial charge in [-0.25, -0.2) is 13.6 Å². The van der Waals surface area contributed by atoms with Crippen LogP contribution in [0.2, 0.25) is 0 Å². The molecule has 1 amide bonds. The molecule has 124 valence electrons. The topological polar surface area (TPSA) is 98.5 Å². The molecule has 0 aliphatic carbocycles. The first-order valence-corrected chi connectivity index (χ1v) is 8.86. The third-order valence-electron chi connectivity index (χ3n) is 3.60. The smallest absolute Gasteiger partial charge is 0.256 e. The summed E-state index contributed by atoms with van der Waals surface area (Å²) in [6, 6.07) is 11.6. The van der Waals surface area contributed by atoms with Gasteiger partial charge in [0.1, 0.15) is 5.75 Å². The van der Waals surface area contributed by atoms with Crippen LogP contribution >= 0.6 is 0 Å². The number of primary sulfonamides is 1. The summed E-state index contributed by atoms with van der Waals surface area (Å²) in [5.41, 5.74) is 2.27. The van der Waals surface area contributed by atoms with Crippen LogP contribution in [0.15, 0.2) is 47.4 Å². The zero-order valence-electron chi connectivity index (χ0n) is 12.9. The Balaban J connectivity index is 2.02. The minimum atomic E-state index is -3.83. The van der Waals surface area contributed by atoms with Crippen LogP contribution in [0, 0.1) is 0 Å². The van der Waals surface area contributed by atoms with Crippen molar-refractivity contribution in [1.82, 2.24) is 0 Å². The van der Waals surface area contributed by atoms with E-state index in [0.717, 1.165) is 11.3 Å². The highest BCUT2D eigenvalue weighted by atomic mass is 32.2. The molecule has 0 atom stereocenters. The zero-order chi connectivity index (χ0) is 17.3. The average Bonchev–Trinajstić information content (AvgIpc) is 2.84. The van der Waals surface area contributed by atoms with E-state index >= 15 is 0 Å². The summed E-state index contributed by atoms with van der Waals surface area (Å²) in [5, 5.41) is 7.87. The van der Waals surface area contributed by atoms with E-state index in [0.29, 0.717) is 23.4 Å². The fraction of sp³-hybridized carbons (Fsp3) is 0.118. The second-order valence-corrected chi connectivity index (χ2v) is 6.83. The zero-order valence-corrected chi connectivity index (χ0v) is 13.8. The van der Waals surface area contributed by atoms with Crippen LogP contribution in [0.1, 0.15) is 18.1 Å². The number of benzene rings is 2. The van der Waals surface area contributed by atoms with Gasteiger partial charge < -0.3 is 10.1 Å². The van der Waals surface area contributed by atoms with Gasteiger partial charge in [0.2, 0.25) is 10.0 Å². The predicted octanol–water partition coefficient (Wildman–Crippen LogP) is 2.23. The molecule has 0 saturated heterocycles. The molecule has 0 saturated carbocycles. The maximum atomic E-state index is 12.2. The first kappa shape index (κ1) is 16.2. The van der Waals surface area contributed by atoms with Crippen LogP contribution in [-0.4, -0.2) is 20.9 Å². The Morgan fingerprint density at radius 3 is 2.50 bits per heavy atom. The number of hydrogen-bond donors (Lipinski definition) is 2. The molecule has 6 nitrogen and oxygen atoms in total. The van der Waals surface area contributed by atoms with Crippen molar-refractivity contribution in [2.45, 2.75) is 11.8 Å². The molecule has 3 rings (SSSR count). The minimum Gasteiger partial charge on any atom is -0.494 e. The van der Waals surface area contributed by atoms with Crippen LogP contribution in [-0.2, 0) is 14.8 Å². The number of fused-ring (bicyclic) bond motifs is 1. The van der Waals surface area contributed by atoms with Gasteiger partial charge in [-0.1, -0.05) is 12.1 Å². The highest BCUT2D eigenvalue weighted by Gasteiger charge is 2.25. The van der Waals surface area contributed by atoms with Crippen molar-refractivity contribution in [3.8, 4) is 5.75 Å². The number of nitrogens with one attached hydrogen (secondary N) is 1. The highest BCUT2D eigenvalue weighted by Crippen LogP contribution is 2.34. The number of nitrogens with two attached hydrogens (primary N) is 1. The van der Waals surface area contributed by atoms with Gasteiger partial charge in [0, 0.05) is 16.8 Å². The summed E-state index contributed by atoms with van der Waals surface area (Å²) < 4.78 is 28.4. The number of ether oxygens (including phenoxy) is 1. The number of amides is 1. The highest BCUT2D eigenvalue weighted by molar-refractivity contribution is 7.89. The Labute approximate surface area is 140 Å². The molecule has 1 aliphatic heterocycles. The molecule has 2 aromatic rings. The van der Waals surface area contributed by atoms with Gasteiger partial charge in [-0.2, -0.15) is 0 Å². The predicted molar refractivity (Wildman–Crippen MR) is 91.9 cm³/mol. The van der Waals surface area contributed by atoms with E-state index < -0.39 is 10.0 Å². The summed E-state index contributed by atoms with van der Waals surface area (Å²) >= 11 is 0. The van der Waals surface area contributed by atoms with Crippen molar-refractivity contribution in [3.63, 3.8) is 0 Å². The third-order valence-corrected chi connectivity index (χ3v) is 4.52. The molecule has 24 heavy (non-hydrogen) atoms. The number of anilines is 1. The van der Waals surface area contributed by atoms with Crippen molar-refractivity contribution in [2.75, 3.05) is 11.9 Å². The second kappa shape index (κ2) is 6.10. The molecular formula is C17H16N2O4S. The summed E-state index contributed by atoms with van der Waals surface area (Å²) in [7, 11) is -3.83. The molecule has 0 fully saturated rings. The van der Waals surface area contributed by atoms with E-state index in [2.05, 4.69) is 5.32 Å². The van der Waals surface area contributed by atoms with E-state index in [4.69, 9.17) is 9.88 Å². The normalized spacial score (nSPS) is 15.2. The maximum absolute atomic E-state index is 12.2. The lowest BCUT2D eigenvalue weighted by atomic mass is 10.0. The monoisotopic (exact) mass is 344 g/mol. The number of sulfonamides is 1. The molecule has 2 aromatic carbocycles. The standard InChI is InChI=1S/C17H16N2O4S/c1-2-23-12-5-3-11(4-6-12)9-15-14-10-13(24(18,21)22)7-8-16(14)19-17(15)20/h3-10H,2H2,1H3,(H,19,20)(H2,18,21,22)/b15-9-. The first-order chi connectivity index (χ1) is 11.4. The number of rotatable bonds is 4. The molecule has 0 unspecified atom stereocenters. The Morgan fingerprint density at radius 2 is 1.88 bits per heavy atom. The van der Waals surface area contributed by atoms with Crippen LogP contribution in [0.5, 0.6) is 5.75 Å². The molecule has 1 aliphatic rings. The number of carbonyl (C=O) groups excluding carboxylic acids is 1. The minimum absolute atomic E-state index is 0.0321. The van der Waals surface area contributed by atoms with Crippen LogP contribution in [0.4, 0.5) is 5.69 Å². The van der Waals surface area contributed by atoms with E-state index in [1.807, 2.05) is 31.2 Å². The Hall–Kier alpha value is -2.64. The molecule has 0 spiro atoms. The molecule has 7 heteroatoms. The van der Waals surface area contributed by atoms with Crippen molar-refractivity contribution >= 4 is 33.3 Å². The molecule has 0 bridgehead atoms. The number of hydrogen-bond acceptors (Lipinski definition) is 4. The fourth-order valence-electron chi connectivity index (χ4n) is 2.48. The van der Waals surface area contributed by atoms with Crippen LogP contribution < -0.4 is 15.2 Å². The summed E-state index contributed by atoms with van der Waals surface area (Å²) in [6.07, 6.45) is 1.70. The fourth-order valence-corrected chi connectivity index (χ4v) is 3.02. The van der Waals surface area contributed by atoms with E-state index in [-0.39, 0.29) is 10.8 Å². The molecular weight excluding hydrogens is 328 g/mol. The largest absolute Gasteiger partial charge is 0.494 e. The van der Waals surface area contributed by atoms with E-state index in [1.165, 1.54) is 18.2 Å². The van der Waals surface area contributed by atoms with Crippen LogP contribution in [0.25, 0.3) is 11.6 Å². The summed E-state index contributed by atoms with van der Waals surface area (Å²) in [4.78, 5) is 12.1. The molecule has 0 aromatic heterocycles. The summed E-state index contributed by atoms with van der Waals surface area (Å²) in [6.45, 7) is 2.48. The molecule has 0 radical (unpaired) electrons. The van der Waals surface area contributed by atoms with Gasteiger partial charge in [-0.3, -0.25) is 4.79 Å². The van der Waals surface area contributed by atoms with Crippen molar-refractivity contribution in [3.05, 3.63) is 53.6 Å². The van der Waals surface area contributed by atoms with Crippen molar-refractivity contribution < 1.29 is 17.9 Å². The van der Waals surface area contributed by atoms with Gasteiger partial charge in [0.05, 0.1) is 11.5 Å². The average molecular weight is 344 g/mol. The third kappa shape index (κ3) is 3.17. The van der Waals surface area contributed by atoms with Crippen LogP contribution in [0.3, 0.4) is 0 Å². The van der Waals surface area contributed by atoms with Gasteiger partial charge in [0.15, 0.2) is 0 Å². The Kier molecular flexibility index (Phi) is 4.13. The molecule has 3 N–H and O–H groups in total. The first-order valence-electron chi connectivity index (χ1n) is 7.31. The molecule has 1 heterocycles. The van der Waals surface area contributed by atoms with Crippen molar-refractivity contribution in [2.24, 2.45) is 5.14 Å². The van der Waals surface area contributed by atoms with Gasteiger partial charge in [0.25, 0.3) is 5.91 Å². The van der Waals surface area contributed by atoms with Gasteiger partial charge >= 0.3 is 0 Å². The number of carbonyl (C=O) groups is 1. The SMILES string of the molecule is CCOc1ccc(/C=C2\C(=O)Nc3ccc(S(N)(=O)=O)cc32)cc1. The second-order valence-electron chi connectivity index (χ2n) is 5.27. The quantitative estimate of drug-likeness (QED) is 0.831. The lowest BCUT2D eigenvalue weighted by Gasteiger charge is -2.04. The van der Waals surface area contributed by atoms with Crippen molar-refractivity contribution in [1.29, 1.82) is 0 Å². The van der Waals surface area contributed by atoms with E-state index in [9.17, 15) is 13.2 Å². The van der Waals surface area contributed by atoms with Gasteiger partial charge in [-0.05, 0) is 48.9 Å². The maximum Gasteiger partial charge on any atom is 0.256 e. The summed E-state index contributed by atoms with van der Waals surface area (Å²) in [5.74, 6) is 0.456.